The van der Waals surface area contributed by atoms with Gasteiger partial charge in [-0.25, -0.2) is 13.8 Å². The number of nitrogens with zero attached hydrogens (tertiary/aromatic N) is 2. The zero-order valence-electron chi connectivity index (χ0n) is 15.2. The summed E-state index contributed by atoms with van der Waals surface area (Å²) in [4.78, 5) is 16.7. The van der Waals surface area contributed by atoms with Crippen LogP contribution < -0.4 is 14.8 Å². The predicted octanol–water partition coefficient (Wildman–Crippen LogP) is 3.64. The number of amides is 1. The molecule has 2 aromatic carbocycles. The molecular formula is C20H17F2N3O3. The lowest BCUT2D eigenvalue weighted by molar-refractivity contribution is -0.116. The molecule has 6 nitrogen and oxygen atoms in total. The van der Waals surface area contributed by atoms with Gasteiger partial charge in [0, 0.05) is 24.5 Å². The molecular weight excluding hydrogens is 368 g/mol. The average Bonchev–Trinajstić information content (AvgIpc) is 3.10. The van der Waals surface area contributed by atoms with Crippen molar-refractivity contribution in [2.75, 3.05) is 19.5 Å². The number of aromatic nitrogens is 2. The molecule has 1 aliphatic rings. The van der Waals surface area contributed by atoms with Crippen LogP contribution in [0.5, 0.6) is 11.5 Å². The van der Waals surface area contributed by atoms with Gasteiger partial charge in [0.2, 0.25) is 5.91 Å². The molecule has 8 heteroatoms. The topological polar surface area (TPSA) is 65.4 Å². The largest absolute Gasteiger partial charge is 0.497 e. The zero-order valence-corrected chi connectivity index (χ0v) is 15.2. The third-order valence-electron chi connectivity index (χ3n) is 4.76. The van der Waals surface area contributed by atoms with Crippen LogP contribution in [0, 0.1) is 11.6 Å². The van der Waals surface area contributed by atoms with Gasteiger partial charge in [-0.15, -0.1) is 0 Å². The molecule has 144 valence electrons. The first-order valence-corrected chi connectivity index (χ1v) is 8.56. The molecule has 1 aliphatic heterocycles. The fraction of sp³-hybridized carbons (Fsp3) is 0.200. The van der Waals surface area contributed by atoms with Crippen molar-refractivity contribution in [1.82, 2.24) is 9.55 Å². The fourth-order valence-electron chi connectivity index (χ4n) is 3.41. The molecule has 4 rings (SSSR count). The fourth-order valence-corrected chi connectivity index (χ4v) is 3.41. The molecule has 0 saturated heterocycles. The monoisotopic (exact) mass is 385 g/mol. The Balaban J connectivity index is 1.84. The molecule has 1 atom stereocenters. The van der Waals surface area contributed by atoms with Crippen LogP contribution in [0.2, 0.25) is 0 Å². The number of benzene rings is 2. The van der Waals surface area contributed by atoms with Crippen molar-refractivity contribution >= 4 is 11.7 Å². The summed E-state index contributed by atoms with van der Waals surface area (Å²) >= 11 is 0. The highest BCUT2D eigenvalue weighted by Gasteiger charge is 2.33. The Morgan fingerprint density at radius 1 is 1.14 bits per heavy atom. The first-order valence-electron chi connectivity index (χ1n) is 8.56. The second-order valence-electron chi connectivity index (χ2n) is 6.36. The summed E-state index contributed by atoms with van der Waals surface area (Å²) in [6, 6.07) is 8.58. The maximum Gasteiger partial charge on any atom is 0.226 e. The Bertz CT molecular complexity index is 1060. The number of methoxy groups -OCH3 is 2. The van der Waals surface area contributed by atoms with E-state index in [1.165, 1.54) is 25.6 Å². The lowest BCUT2D eigenvalue weighted by Crippen LogP contribution is -2.25. The maximum absolute atomic E-state index is 14.3. The van der Waals surface area contributed by atoms with Crippen molar-refractivity contribution in [3.63, 3.8) is 0 Å². The van der Waals surface area contributed by atoms with Crippen LogP contribution in [0.15, 0.2) is 42.7 Å². The van der Waals surface area contributed by atoms with Gasteiger partial charge in [0.25, 0.3) is 0 Å². The van der Waals surface area contributed by atoms with E-state index in [0.717, 1.165) is 6.07 Å². The number of hydrogen-bond acceptors (Lipinski definition) is 4. The summed E-state index contributed by atoms with van der Waals surface area (Å²) in [5.74, 6) is -0.718. The molecule has 3 aromatic rings. The Kier molecular flexibility index (Phi) is 4.46. The molecule has 0 radical (unpaired) electrons. The van der Waals surface area contributed by atoms with Gasteiger partial charge in [0.1, 0.15) is 35.3 Å². The summed E-state index contributed by atoms with van der Waals surface area (Å²) < 4.78 is 39.9. The minimum absolute atomic E-state index is 0.0202. The minimum atomic E-state index is -0.706. The van der Waals surface area contributed by atoms with E-state index in [0.29, 0.717) is 28.7 Å². The van der Waals surface area contributed by atoms with E-state index in [1.807, 2.05) is 0 Å². The molecule has 0 spiro atoms. The second-order valence-corrected chi connectivity index (χ2v) is 6.36. The standard InChI is InChI=1S/C20H17F2N3O3/c1-27-12-4-6-16(17(8-12)28-2)25-10-23-19-14(9-18(26)24-20(19)25)13-5-3-11(21)7-15(13)22/h3-8,10,14H,9H2,1-2H3,(H,24,26)/t14-/m0/s1. The Hall–Kier alpha value is -3.42. The average molecular weight is 385 g/mol. The lowest BCUT2D eigenvalue weighted by atomic mass is 9.89. The van der Waals surface area contributed by atoms with Gasteiger partial charge in [-0.1, -0.05) is 6.07 Å². The van der Waals surface area contributed by atoms with E-state index in [9.17, 15) is 13.6 Å². The lowest BCUT2D eigenvalue weighted by Gasteiger charge is -2.24. The van der Waals surface area contributed by atoms with Gasteiger partial charge in [0.05, 0.1) is 25.6 Å². The summed E-state index contributed by atoms with van der Waals surface area (Å²) in [6.45, 7) is 0. The Labute approximate surface area is 159 Å². The number of imidazole rings is 1. The maximum atomic E-state index is 14.3. The first kappa shape index (κ1) is 18.0. The normalized spacial score (nSPS) is 15.7. The van der Waals surface area contributed by atoms with Gasteiger partial charge in [-0.2, -0.15) is 0 Å². The van der Waals surface area contributed by atoms with E-state index in [1.54, 1.807) is 29.9 Å². The van der Waals surface area contributed by atoms with Crippen LogP contribution in [0.3, 0.4) is 0 Å². The number of nitrogens with one attached hydrogen (secondary N) is 1. The molecule has 1 amide bonds. The molecule has 0 saturated carbocycles. The molecule has 28 heavy (non-hydrogen) atoms. The quantitative estimate of drug-likeness (QED) is 0.745. The van der Waals surface area contributed by atoms with Gasteiger partial charge in [0.15, 0.2) is 0 Å². The number of fused-ring (bicyclic) bond motifs is 1. The van der Waals surface area contributed by atoms with Crippen molar-refractivity contribution < 1.29 is 23.0 Å². The number of rotatable bonds is 4. The number of carbonyl (C=O) groups is 1. The number of carbonyl (C=O) groups excluding carboxylic acids is 1. The molecule has 1 N–H and O–H groups in total. The van der Waals surface area contributed by atoms with Crippen molar-refractivity contribution in [2.24, 2.45) is 0 Å². The van der Waals surface area contributed by atoms with Gasteiger partial charge >= 0.3 is 0 Å². The molecule has 1 aromatic heterocycles. The smallest absolute Gasteiger partial charge is 0.226 e. The Morgan fingerprint density at radius 2 is 1.96 bits per heavy atom. The van der Waals surface area contributed by atoms with Crippen LogP contribution in [0.4, 0.5) is 14.6 Å². The number of halogens is 2. The van der Waals surface area contributed by atoms with E-state index in [2.05, 4.69) is 10.3 Å². The third-order valence-corrected chi connectivity index (χ3v) is 4.76. The number of ether oxygens (including phenoxy) is 2. The van der Waals surface area contributed by atoms with Crippen LogP contribution in [0.25, 0.3) is 5.69 Å². The molecule has 2 heterocycles. The van der Waals surface area contributed by atoms with E-state index >= 15 is 0 Å². The molecule has 0 aliphatic carbocycles. The van der Waals surface area contributed by atoms with Crippen LogP contribution in [-0.4, -0.2) is 29.7 Å². The van der Waals surface area contributed by atoms with Crippen LogP contribution >= 0.6 is 0 Å². The van der Waals surface area contributed by atoms with Crippen molar-refractivity contribution in [3.05, 3.63) is 65.6 Å². The summed E-state index contributed by atoms with van der Waals surface area (Å²) in [6.07, 6.45) is 1.56. The van der Waals surface area contributed by atoms with Crippen molar-refractivity contribution in [2.45, 2.75) is 12.3 Å². The number of anilines is 1. The second kappa shape index (κ2) is 6.95. The Morgan fingerprint density at radius 3 is 2.68 bits per heavy atom. The predicted molar refractivity (Wildman–Crippen MR) is 98.1 cm³/mol. The third kappa shape index (κ3) is 2.96. The zero-order chi connectivity index (χ0) is 19.8. The summed E-state index contributed by atoms with van der Waals surface area (Å²) in [7, 11) is 3.08. The van der Waals surface area contributed by atoms with Crippen molar-refractivity contribution in [3.8, 4) is 17.2 Å². The molecule has 0 unspecified atom stereocenters. The first-order chi connectivity index (χ1) is 13.5. The number of hydrogen-bond donors (Lipinski definition) is 1. The highest BCUT2D eigenvalue weighted by atomic mass is 19.1. The van der Waals surface area contributed by atoms with Crippen LogP contribution in [-0.2, 0) is 4.79 Å². The minimum Gasteiger partial charge on any atom is -0.497 e. The highest BCUT2D eigenvalue weighted by Crippen LogP contribution is 2.40. The van der Waals surface area contributed by atoms with Crippen molar-refractivity contribution in [1.29, 1.82) is 0 Å². The van der Waals surface area contributed by atoms with E-state index < -0.39 is 17.6 Å². The van der Waals surface area contributed by atoms with Gasteiger partial charge < -0.3 is 14.8 Å². The summed E-state index contributed by atoms with van der Waals surface area (Å²) in [5.41, 5.74) is 1.37. The van der Waals surface area contributed by atoms with E-state index in [4.69, 9.17) is 9.47 Å². The molecule has 0 bridgehead atoms. The van der Waals surface area contributed by atoms with E-state index in [-0.39, 0.29) is 17.9 Å². The van der Waals surface area contributed by atoms with Gasteiger partial charge in [-0.3, -0.25) is 9.36 Å². The SMILES string of the molecule is COc1ccc(-n2cnc3c2NC(=O)C[C@H]3c2ccc(F)cc2F)c(OC)c1. The highest BCUT2D eigenvalue weighted by molar-refractivity contribution is 5.94. The van der Waals surface area contributed by atoms with Crippen LogP contribution in [0.1, 0.15) is 23.6 Å². The summed E-state index contributed by atoms with van der Waals surface area (Å²) in [5, 5.41) is 2.80. The molecule has 0 fully saturated rings. The van der Waals surface area contributed by atoms with Gasteiger partial charge in [-0.05, 0) is 23.8 Å².